The largest absolute Gasteiger partial charge is 1.00 e. The molecule has 2 aromatic carbocycles. The first-order chi connectivity index (χ1) is 26.3. The van der Waals surface area contributed by atoms with Gasteiger partial charge < -0.3 is 45.8 Å². The maximum Gasteiger partial charge on any atom is 0.305 e. The van der Waals surface area contributed by atoms with Gasteiger partial charge in [-0.25, -0.2) is 17.7 Å². The van der Waals surface area contributed by atoms with Crippen LogP contribution in [0.15, 0.2) is 68.8 Å². The Labute approximate surface area is 334 Å². The maximum absolute atomic E-state index is 13.3. The quantitative estimate of drug-likeness (QED) is 0.0391. The van der Waals surface area contributed by atoms with E-state index in [-0.39, 0.29) is 68.9 Å². The Morgan fingerprint density at radius 2 is 1.36 bits per heavy atom. The summed E-state index contributed by atoms with van der Waals surface area (Å²) in [5.41, 5.74) is 2.61. The van der Waals surface area contributed by atoms with Gasteiger partial charge in [-0.1, -0.05) is 6.07 Å². The van der Waals surface area contributed by atoms with Crippen LogP contribution in [0.2, 0.25) is 0 Å². The number of fused-ring (bicyclic) bond motifs is 2. The van der Waals surface area contributed by atoms with E-state index in [1.54, 1.807) is 0 Å². The van der Waals surface area contributed by atoms with E-state index in [4.69, 9.17) is 28.5 Å². The summed E-state index contributed by atoms with van der Waals surface area (Å²) >= 11 is 0. The van der Waals surface area contributed by atoms with Crippen molar-refractivity contribution in [2.45, 2.75) is 43.9 Å². The predicted octanol–water partition coefficient (Wildman–Crippen LogP) is 0.933. The predicted molar refractivity (Wildman–Crippen MR) is 209 cm³/mol. The fourth-order valence-electron chi connectivity index (χ4n) is 6.07. The van der Waals surface area contributed by atoms with Crippen molar-refractivity contribution in [1.82, 2.24) is 9.30 Å². The summed E-state index contributed by atoms with van der Waals surface area (Å²) in [5, 5.41) is 10.1. The second kappa shape index (κ2) is 22.3. The molecule has 1 aliphatic carbocycles. The van der Waals surface area contributed by atoms with Gasteiger partial charge in [0.15, 0.2) is 0 Å². The summed E-state index contributed by atoms with van der Waals surface area (Å²) in [6.45, 7) is 12.9. The summed E-state index contributed by atoms with van der Waals surface area (Å²) in [6, 6.07) is 15.0. The van der Waals surface area contributed by atoms with Gasteiger partial charge in [-0.3, -0.25) is 9.35 Å². The van der Waals surface area contributed by atoms with Gasteiger partial charge in [0, 0.05) is 59.5 Å². The van der Waals surface area contributed by atoms with Gasteiger partial charge in [0.1, 0.15) is 29.3 Å². The smallest absolute Gasteiger partial charge is 0.305 e. The molecule has 0 unspecified atom stereocenters. The van der Waals surface area contributed by atoms with Crippen LogP contribution < -0.4 is 32.0 Å². The first-order valence-electron chi connectivity index (χ1n) is 18.3. The fraction of sp³-hybridized carbons (Fsp3) is 0.474. The van der Waals surface area contributed by atoms with Crippen molar-refractivity contribution in [3.63, 3.8) is 0 Å². The summed E-state index contributed by atoms with van der Waals surface area (Å²) < 4.78 is 95.5. The number of carboxylic acid groups (broad SMARTS) is 1. The Bertz CT molecular complexity index is 2150. The normalized spacial score (nSPS) is 11.9. The number of hydrogen-bond acceptors (Lipinski definition) is 11. The van der Waals surface area contributed by atoms with Gasteiger partial charge in [-0.15, -0.1) is 0 Å². The molecule has 15 nitrogen and oxygen atoms in total. The van der Waals surface area contributed by atoms with Crippen LogP contribution >= 0.6 is 0 Å². The lowest BCUT2D eigenvalue weighted by Crippen LogP contribution is -3.00. The van der Waals surface area contributed by atoms with Crippen molar-refractivity contribution >= 4 is 42.8 Å². The second-order valence-corrected chi connectivity index (χ2v) is 15.5. The molecule has 0 atom stereocenters. The lowest BCUT2D eigenvalue weighted by Gasteiger charge is -2.22. The minimum Gasteiger partial charge on any atom is -1.00 e. The summed E-state index contributed by atoms with van der Waals surface area (Å²) in [5.74, 6) is -0.425. The first kappa shape index (κ1) is 46.7. The third kappa shape index (κ3) is 12.7. The number of anilines is 1. The standard InChI is InChI=1S/C38H51N3O12S2.ClH/c1-5-40(6-2)28-9-12-31-34(25-28)53-35-26-29(41(7-3)8-4)10-13-32(35)38(31)33-14-11-30(27-36(33)55(46,47)48)54(44,45)39-16-18-50-20-22-52-24-23-51-21-19-49-17-15-37(42)43;/h9-14,25-27,39H,5-8,15-24H2,1-4H3,(H-,42,43,46,47,48);1H. The molecule has 2 aromatic rings. The Kier molecular flexibility index (Phi) is 18.6. The molecular weight excluding hydrogens is 790 g/mol. The Morgan fingerprint density at radius 1 is 0.768 bits per heavy atom. The second-order valence-electron chi connectivity index (χ2n) is 12.3. The number of benzene rings is 3. The SMILES string of the molecule is CCN(CC)c1ccc2c(-c3ccc(S(=O)(=O)NCCOCCOCCOCCOCCC(=O)O)cc3S(=O)(=O)O)c3ccc(=[N+](CC)CC)cc-3oc2c1.[Cl-]. The zero-order valence-corrected chi connectivity index (χ0v) is 34.6. The van der Waals surface area contributed by atoms with Crippen LogP contribution in [0.5, 0.6) is 0 Å². The third-order valence-corrected chi connectivity index (χ3v) is 11.2. The van der Waals surface area contributed by atoms with Gasteiger partial charge in [-0.2, -0.15) is 8.42 Å². The van der Waals surface area contributed by atoms with Crippen LogP contribution in [0.25, 0.3) is 33.4 Å². The van der Waals surface area contributed by atoms with Gasteiger partial charge >= 0.3 is 5.97 Å². The number of carboxylic acids is 1. The molecule has 4 rings (SSSR count). The molecule has 0 radical (unpaired) electrons. The highest BCUT2D eigenvalue weighted by molar-refractivity contribution is 7.89. The van der Waals surface area contributed by atoms with Crippen LogP contribution in [-0.2, 0) is 43.9 Å². The number of carbonyl (C=O) groups is 1. The number of hydrogen-bond donors (Lipinski definition) is 3. The third-order valence-electron chi connectivity index (χ3n) is 8.87. The van der Waals surface area contributed by atoms with E-state index < -0.39 is 31.0 Å². The van der Waals surface area contributed by atoms with Crippen LogP contribution in [0.3, 0.4) is 0 Å². The highest BCUT2D eigenvalue weighted by Gasteiger charge is 2.27. The molecule has 1 aliphatic heterocycles. The molecule has 0 spiro atoms. The Morgan fingerprint density at radius 3 is 1.93 bits per heavy atom. The highest BCUT2D eigenvalue weighted by Crippen LogP contribution is 2.43. The van der Waals surface area contributed by atoms with Crippen molar-refractivity contribution in [3.05, 3.63) is 60.0 Å². The molecule has 0 bridgehead atoms. The molecule has 0 saturated heterocycles. The maximum atomic E-state index is 13.3. The van der Waals surface area contributed by atoms with E-state index in [1.165, 1.54) is 12.1 Å². The van der Waals surface area contributed by atoms with E-state index in [0.29, 0.717) is 47.7 Å². The summed E-state index contributed by atoms with van der Waals surface area (Å²) in [6.07, 6.45) is -0.0641. The first-order valence-corrected chi connectivity index (χ1v) is 21.2. The molecule has 0 fully saturated rings. The zero-order chi connectivity index (χ0) is 40.0. The number of nitrogens with zero attached hydrogens (tertiary/aromatic N) is 2. The zero-order valence-electron chi connectivity index (χ0n) is 32.2. The molecular formula is C38H52ClN3O12S2. The van der Waals surface area contributed by atoms with E-state index in [1.807, 2.05) is 36.4 Å². The highest BCUT2D eigenvalue weighted by atomic mass is 35.5. The minimum atomic E-state index is -4.93. The van der Waals surface area contributed by atoms with E-state index >= 15 is 0 Å². The van der Waals surface area contributed by atoms with Crippen molar-refractivity contribution < 1.29 is 67.1 Å². The lowest BCUT2D eigenvalue weighted by molar-refractivity contribution is -0.138. The van der Waals surface area contributed by atoms with Crippen LogP contribution in [0, 0.1) is 0 Å². The van der Waals surface area contributed by atoms with Gasteiger partial charge in [-0.05, 0) is 58.0 Å². The molecule has 18 heteroatoms. The topological polar surface area (TPSA) is 194 Å². The Hall–Kier alpha value is -3.65. The molecule has 56 heavy (non-hydrogen) atoms. The van der Waals surface area contributed by atoms with E-state index in [9.17, 15) is 26.2 Å². The number of aliphatic carboxylic acids is 1. The molecule has 0 saturated carbocycles. The molecule has 2 aliphatic rings. The molecule has 3 N–H and O–H groups in total. The molecule has 1 heterocycles. The summed E-state index contributed by atoms with van der Waals surface area (Å²) in [4.78, 5) is 11.7. The minimum absolute atomic E-state index is 0. The number of halogens is 1. The van der Waals surface area contributed by atoms with Crippen molar-refractivity contribution in [2.24, 2.45) is 0 Å². The van der Waals surface area contributed by atoms with Crippen LogP contribution in [0.4, 0.5) is 5.69 Å². The van der Waals surface area contributed by atoms with Gasteiger partial charge in [0.05, 0.1) is 70.2 Å². The molecule has 0 amide bonds. The van der Waals surface area contributed by atoms with Crippen molar-refractivity contribution in [2.75, 3.05) is 90.5 Å². The van der Waals surface area contributed by atoms with Crippen LogP contribution in [0.1, 0.15) is 34.1 Å². The van der Waals surface area contributed by atoms with Crippen molar-refractivity contribution in [3.8, 4) is 22.5 Å². The number of ether oxygens (including phenoxy) is 4. The average molecular weight is 842 g/mol. The van der Waals surface area contributed by atoms with Crippen molar-refractivity contribution in [1.29, 1.82) is 0 Å². The average Bonchev–Trinajstić information content (AvgIpc) is 3.15. The molecule has 0 aromatic heterocycles. The number of nitrogens with one attached hydrogen (secondary N) is 1. The van der Waals surface area contributed by atoms with E-state index in [0.717, 1.165) is 43.3 Å². The number of sulfonamides is 1. The lowest BCUT2D eigenvalue weighted by atomic mass is 9.93. The van der Waals surface area contributed by atoms with Gasteiger partial charge in [0.25, 0.3) is 10.1 Å². The fourth-order valence-corrected chi connectivity index (χ4v) is 7.91. The van der Waals surface area contributed by atoms with E-state index in [2.05, 4.69) is 41.9 Å². The number of rotatable bonds is 24. The summed E-state index contributed by atoms with van der Waals surface area (Å²) in [7, 11) is -9.14. The Balaban J connectivity index is 0.00000841. The molecule has 310 valence electrons. The van der Waals surface area contributed by atoms with Gasteiger partial charge in [0.2, 0.25) is 15.4 Å². The van der Waals surface area contributed by atoms with Crippen LogP contribution in [-0.4, -0.2) is 118 Å². The monoisotopic (exact) mass is 841 g/mol.